The van der Waals surface area contributed by atoms with E-state index in [-0.39, 0.29) is 0 Å². The van der Waals surface area contributed by atoms with E-state index in [2.05, 4.69) is 51.6 Å². The zero-order valence-corrected chi connectivity index (χ0v) is 10.2. The molecule has 15 heavy (non-hydrogen) atoms. The maximum Gasteiger partial charge on any atom is 0.0235 e. The molecule has 0 aromatic rings. The van der Waals surface area contributed by atoms with Gasteiger partial charge in [-0.2, -0.15) is 0 Å². The summed E-state index contributed by atoms with van der Waals surface area (Å²) in [4.78, 5) is 0. The smallest absolute Gasteiger partial charge is 0.0235 e. The van der Waals surface area contributed by atoms with Gasteiger partial charge in [-0.3, -0.25) is 0 Å². The molecule has 3 rings (SSSR count). The number of rotatable bonds is 0. The molecule has 1 fully saturated rings. The van der Waals surface area contributed by atoms with Gasteiger partial charge in [-0.25, -0.2) is 0 Å². The molecule has 1 saturated heterocycles. The van der Waals surface area contributed by atoms with Crippen LogP contribution in [-0.4, -0.2) is 13.1 Å². The SMILES string of the molecule is BrC1=CC=C2C=CC=C3CNCCC23C1. The summed E-state index contributed by atoms with van der Waals surface area (Å²) in [6, 6.07) is 0. The minimum Gasteiger partial charge on any atom is -0.313 e. The van der Waals surface area contributed by atoms with E-state index in [1.165, 1.54) is 16.5 Å². The topological polar surface area (TPSA) is 12.0 Å². The summed E-state index contributed by atoms with van der Waals surface area (Å²) >= 11 is 3.65. The Morgan fingerprint density at radius 3 is 3.13 bits per heavy atom. The second kappa shape index (κ2) is 3.46. The van der Waals surface area contributed by atoms with Crippen LogP contribution >= 0.6 is 15.9 Å². The highest BCUT2D eigenvalue weighted by molar-refractivity contribution is 9.11. The standard InChI is InChI=1S/C13H14BrN/c14-12-5-4-10-2-1-3-11-9-15-7-6-13(10,11)8-12/h1-5,15H,6-9H2. The lowest BCUT2D eigenvalue weighted by Crippen LogP contribution is -2.41. The second-order valence-electron chi connectivity index (χ2n) is 4.47. The fourth-order valence-electron chi connectivity index (χ4n) is 2.88. The van der Waals surface area contributed by atoms with E-state index >= 15 is 0 Å². The van der Waals surface area contributed by atoms with Gasteiger partial charge in [0.15, 0.2) is 0 Å². The summed E-state index contributed by atoms with van der Waals surface area (Å²) in [5, 5.41) is 3.46. The normalized spacial score (nSPS) is 33.5. The summed E-state index contributed by atoms with van der Waals surface area (Å²) in [6.45, 7) is 2.17. The first-order valence-corrected chi connectivity index (χ1v) is 6.26. The van der Waals surface area contributed by atoms with Crippen LogP contribution in [0.2, 0.25) is 0 Å². The third-order valence-electron chi connectivity index (χ3n) is 3.70. The first-order chi connectivity index (χ1) is 7.31. The second-order valence-corrected chi connectivity index (χ2v) is 5.49. The molecule has 2 heteroatoms. The predicted octanol–water partition coefficient (Wildman–Crippen LogP) is 3.07. The van der Waals surface area contributed by atoms with Crippen LogP contribution in [0, 0.1) is 5.41 Å². The Kier molecular flexibility index (Phi) is 2.22. The van der Waals surface area contributed by atoms with E-state index in [9.17, 15) is 0 Å². The van der Waals surface area contributed by atoms with Crippen molar-refractivity contribution in [1.82, 2.24) is 5.32 Å². The average Bonchev–Trinajstić information content (AvgIpc) is 2.26. The third kappa shape index (κ3) is 1.39. The largest absolute Gasteiger partial charge is 0.313 e. The Labute approximate surface area is 98.8 Å². The molecule has 1 N–H and O–H groups in total. The van der Waals surface area contributed by atoms with Crippen LogP contribution in [0.3, 0.4) is 0 Å². The Morgan fingerprint density at radius 2 is 2.20 bits per heavy atom. The van der Waals surface area contributed by atoms with Gasteiger partial charge in [0.2, 0.25) is 0 Å². The Balaban J connectivity index is 2.11. The number of allylic oxidation sites excluding steroid dienone is 7. The average molecular weight is 264 g/mol. The molecule has 1 atom stereocenters. The molecule has 0 saturated carbocycles. The van der Waals surface area contributed by atoms with Gasteiger partial charge in [-0.05, 0) is 35.0 Å². The highest BCUT2D eigenvalue weighted by Gasteiger charge is 2.41. The van der Waals surface area contributed by atoms with Crippen LogP contribution in [-0.2, 0) is 0 Å². The summed E-state index contributed by atoms with van der Waals surface area (Å²) in [6.07, 6.45) is 13.5. The number of piperidine rings is 1. The Morgan fingerprint density at radius 1 is 1.27 bits per heavy atom. The monoisotopic (exact) mass is 263 g/mol. The van der Waals surface area contributed by atoms with E-state index in [0.717, 1.165) is 19.5 Å². The van der Waals surface area contributed by atoms with E-state index in [1.54, 1.807) is 5.57 Å². The molecule has 1 nitrogen and oxygen atoms in total. The van der Waals surface area contributed by atoms with Gasteiger partial charge in [0.25, 0.3) is 0 Å². The summed E-state index contributed by atoms with van der Waals surface area (Å²) in [5.74, 6) is 0. The number of hydrogen-bond acceptors (Lipinski definition) is 1. The van der Waals surface area contributed by atoms with Crippen LogP contribution in [0.5, 0.6) is 0 Å². The molecular formula is C13H14BrN. The minimum atomic E-state index is 0.299. The molecule has 2 aliphatic carbocycles. The first-order valence-electron chi connectivity index (χ1n) is 5.47. The highest BCUT2D eigenvalue weighted by Crippen LogP contribution is 2.50. The lowest BCUT2D eigenvalue weighted by molar-refractivity contribution is 0.343. The Hall–Kier alpha value is -0.600. The van der Waals surface area contributed by atoms with Crippen molar-refractivity contribution in [3.63, 3.8) is 0 Å². The van der Waals surface area contributed by atoms with Crippen molar-refractivity contribution < 1.29 is 0 Å². The lowest BCUT2D eigenvalue weighted by Gasteiger charge is -2.44. The van der Waals surface area contributed by atoms with Crippen molar-refractivity contribution in [3.05, 3.63) is 46.0 Å². The molecule has 1 aliphatic heterocycles. The van der Waals surface area contributed by atoms with Gasteiger partial charge in [-0.15, -0.1) is 0 Å². The molecule has 78 valence electrons. The van der Waals surface area contributed by atoms with Gasteiger partial charge in [-0.1, -0.05) is 46.3 Å². The van der Waals surface area contributed by atoms with Crippen LogP contribution in [0.1, 0.15) is 12.8 Å². The number of nitrogens with one attached hydrogen (secondary N) is 1. The zero-order valence-electron chi connectivity index (χ0n) is 8.59. The summed E-state index contributed by atoms with van der Waals surface area (Å²) < 4.78 is 1.33. The maximum absolute atomic E-state index is 3.65. The fraction of sp³-hybridized carbons (Fsp3) is 0.385. The molecule has 3 aliphatic rings. The quantitative estimate of drug-likeness (QED) is 0.709. The maximum atomic E-state index is 3.65. The van der Waals surface area contributed by atoms with Gasteiger partial charge in [0.1, 0.15) is 0 Å². The van der Waals surface area contributed by atoms with Gasteiger partial charge >= 0.3 is 0 Å². The highest BCUT2D eigenvalue weighted by atomic mass is 79.9. The van der Waals surface area contributed by atoms with Crippen LogP contribution < -0.4 is 5.32 Å². The Bertz CT molecular complexity index is 414. The van der Waals surface area contributed by atoms with Crippen molar-refractivity contribution in [1.29, 1.82) is 0 Å². The molecule has 0 bridgehead atoms. The molecule has 0 aromatic heterocycles. The van der Waals surface area contributed by atoms with Crippen LogP contribution in [0.15, 0.2) is 46.0 Å². The van der Waals surface area contributed by atoms with Crippen molar-refractivity contribution in [2.45, 2.75) is 12.8 Å². The van der Waals surface area contributed by atoms with E-state index in [1.807, 2.05) is 0 Å². The van der Waals surface area contributed by atoms with Gasteiger partial charge in [0, 0.05) is 12.0 Å². The molecule has 0 radical (unpaired) electrons. The third-order valence-corrected chi connectivity index (χ3v) is 4.24. The molecule has 1 unspecified atom stereocenters. The summed E-state index contributed by atoms with van der Waals surface area (Å²) in [7, 11) is 0. The van der Waals surface area contributed by atoms with E-state index < -0.39 is 0 Å². The summed E-state index contributed by atoms with van der Waals surface area (Å²) in [5.41, 5.74) is 3.34. The van der Waals surface area contributed by atoms with Crippen molar-refractivity contribution in [2.24, 2.45) is 5.41 Å². The van der Waals surface area contributed by atoms with Crippen molar-refractivity contribution >= 4 is 15.9 Å². The lowest BCUT2D eigenvalue weighted by atomic mass is 9.64. The number of halogens is 1. The first kappa shape index (κ1) is 9.61. The molecule has 1 heterocycles. The molecule has 1 spiro atoms. The molecular weight excluding hydrogens is 250 g/mol. The van der Waals surface area contributed by atoms with Gasteiger partial charge in [0.05, 0.1) is 0 Å². The van der Waals surface area contributed by atoms with Gasteiger partial charge < -0.3 is 5.32 Å². The predicted molar refractivity (Wildman–Crippen MR) is 66.9 cm³/mol. The van der Waals surface area contributed by atoms with Crippen molar-refractivity contribution in [3.8, 4) is 0 Å². The zero-order chi connectivity index (χ0) is 10.3. The molecule has 0 amide bonds. The van der Waals surface area contributed by atoms with Crippen LogP contribution in [0.25, 0.3) is 0 Å². The van der Waals surface area contributed by atoms with E-state index in [4.69, 9.17) is 0 Å². The number of hydrogen-bond donors (Lipinski definition) is 1. The van der Waals surface area contributed by atoms with E-state index in [0.29, 0.717) is 5.41 Å². The minimum absolute atomic E-state index is 0.299. The molecule has 0 aromatic carbocycles. The van der Waals surface area contributed by atoms with Crippen LogP contribution in [0.4, 0.5) is 0 Å². The fourth-order valence-corrected chi connectivity index (χ4v) is 3.49. The van der Waals surface area contributed by atoms with Crippen molar-refractivity contribution in [2.75, 3.05) is 13.1 Å².